The molecule has 2 unspecified atom stereocenters. The molecule has 4 fully saturated rings. The van der Waals surface area contributed by atoms with Crippen LogP contribution in [0.4, 0.5) is 5.82 Å². The van der Waals surface area contributed by atoms with Gasteiger partial charge in [-0.2, -0.15) is 5.10 Å². The van der Waals surface area contributed by atoms with E-state index in [1.54, 1.807) is 4.68 Å². The first-order chi connectivity index (χ1) is 17.1. The number of aryl methyl sites for hydroxylation is 1. The maximum Gasteiger partial charge on any atom is 0.272 e. The Hall–Kier alpha value is -2.23. The van der Waals surface area contributed by atoms with Crippen molar-refractivity contribution in [1.82, 2.24) is 20.1 Å². The quantitative estimate of drug-likeness (QED) is 0.687. The number of ether oxygens (including phenoxy) is 2. The Bertz CT molecular complexity index is 982. The van der Waals surface area contributed by atoms with Crippen molar-refractivity contribution in [3.63, 3.8) is 0 Å². The lowest BCUT2D eigenvalue weighted by atomic mass is 9.95. The molecule has 2 aromatic heterocycles. The van der Waals surface area contributed by atoms with Crippen LogP contribution in [0.15, 0.2) is 12.1 Å². The summed E-state index contributed by atoms with van der Waals surface area (Å²) >= 11 is 0. The Morgan fingerprint density at radius 2 is 1.74 bits per heavy atom. The fourth-order valence-corrected chi connectivity index (χ4v) is 5.92. The zero-order chi connectivity index (χ0) is 24.2. The minimum absolute atomic E-state index is 0.0755. The highest BCUT2D eigenvalue weighted by atomic mass is 16.5. The van der Waals surface area contributed by atoms with Gasteiger partial charge in [-0.05, 0) is 63.1 Å². The molecule has 3 N–H and O–H groups in total. The van der Waals surface area contributed by atoms with Crippen LogP contribution in [-0.4, -0.2) is 71.8 Å². The predicted molar refractivity (Wildman–Crippen MR) is 136 cm³/mol. The second-order valence-electron chi connectivity index (χ2n) is 10.4. The number of rotatable bonds is 4. The van der Waals surface area contributed by atoms with Gasteiger partial charge in [0.1, 0.15) is 5.82 Å². The molecule has 3 aliphatic heterocycles. The number of amides is 1. The molecule has 2 aromatic rings. The molecule has 9 heteroatoms. The molecule has 192 valence electrons. The van der Waals surface area contributed by atoms with Gasteiger partial charge in [0, 0.05) is 26.3 Å². The van der Waals surface area contributed by atoms with Gasteiger partial charge in [0.05, 0.1) is 30.7 Å². The third-order valence-electron chi connectivity index (χ3n) is 8.01. The van der Waals surface area contributed by atoms with Gasteiger partial charge in [-0.1, -0.05) is 19.3 Å². The normalized spacial score (nSPS) is 25.4. The van der Waals surface area contributed by atoms with Crippen LogP contribution in [0.2, 0.25) is 0 Å². The molecular formula is C26H40N6O3. The smallest absolute Gasteiger partial charge is 0.272 e. The number of pyridine rings is 1. The molecular weight excluding hydrogens is 444 g/mol. The fraction of sp³-hybridized carbons (Fsp3) is 0.731. The molecule has 1 saturated carbocycles. The lowest BCUT2D eigenvalue weighted by Gasteiger charge is -2.35. The summed E-state index contributed by atoms with van der Waals surface area (Å²) in [6, 6.07) is 5.15. The number of aromatic nitrogens is 3. The first-order valence-corrected chi connectivity index (χ1v) is 13.4. The molecule has 5 heterocycles. The topological polar surface area (TPSA) is 108 Å². The molecule has 9 nitrogen and oxygen atoms in total. The lowest BCUT2D eigenvalue weighted by molar-refractivity contribution is 0.0688. The third kappa shape index (κ3) is 5.47. The number of carbonyl (C=O) groups excluding carboxylic acids is 1. The predicted octanol–water partition coefficient (Wildman–Crippen LogP) is 2.77. The highest BCUT2D eigenvalue weighted by Gasteiger charge is 2.38. The summed E-state index contributed by atoms with van der Waals surface area (Å²) < 4.78 is 12.6. The molecule has 2 atom stereocenters. The fourth-order valence-electron chi connectivity index (χ4n) is 5.92. The molecule has 4 aliphatic rings. The standard InChI is InChI=1S/C20H27N5O2.C6H13NO/c1-24-19-16(18(23-24)20(26)21-13-5-3-2-4-6-13)9-10-17(22-19)25-14-7-8-15(25)12-27-11-14;7-5-6-1-3-8-4-2-6/h9-10,13-15H,2-8,11-12H2,1H3,(H,21,26);6H,1-5,7H2. The minimum atomic E-state index is -0.0755. The Balaban J connectivity index is 0.000000271. The van der Waals surface area contributed by atoms with Gasteiger partial charge in [0.25, 0.3) is 5.91 Å². The van der Waals surface area contributed by atoms with Crippen LogP contribution in [0.1, 0.15) is 68.3 Å². The number of nitrogens with one attached hydrogen (secondary N) is 1. The molecule has 35 heavy (non-hydrogen) atoms. The van der Waals surface area contributed by atoms with E-state index in [1.807, 2.05) is 19.2 Å². The highest BCUT2D eigenvalue weighted by molar-refractivity contribution is 6.04. The van der Waals surface area contributed by atoms with E-state index in [2.05, 4.69) is 15.3 Å². The van der Waals surface area contributed by atoms with E-state index in [1.165, 1.54) is 19.3 Å². The second-order valence-corrected chi connectivity index (χ2v) is 10.4. The molecule has 0 aromatic carbocycles. The number of nitrogens with zero attached hydrogens (tertiary/aromatic N) is 4. The van der Waals surface area contributed by atoms with Crippen molar-refractivity contribution >= 4 is 22.8 Å². The number of hydrogen-bond acceptors (Lipinski definition) is 7. The zero-order valence-corrected chi connectivity index (χ0v) is 21.0. The molecule has 1 amide bonds. The largest absolute Gasteiger partial charge is 0.381 e. The zero-order valence-electron chi connectivity index (χ0n) is 21.0. The Kier molecular flexibility index (Phi) is 7.84. The van der Waals surface area contributed by atoms with Gasteiger partial charge in [0.2, 0.25) is 0 Å². The molecule has 1 aliphatic carbocycles. The SMILES string of the molecule is Cn1nc(C(=O)NC2CCCCC2)c2ccc(N3C4CCC3COC4)nc21.NCC1CCOCC1. The van der Waals surface area contributed by atoms with E-state index in [9.17, 15) is 4.79 Å². The van der Waals surface area contributed by atoms with E-state index in [0.717, 1.165) is 94.3 Å². The van der Waals surface area contributed by atoms with Gasteiger partial charge in [0.15, 0.2) is 11.3 Å². The summed E-state index contributed by atoms with van der Waals surface area (Å²) in [7, 11) is 1.87. The number of nitrogens with two attached hydrogens (primary N) is 1. The summed E-state index contributed by atoms with van der Waals surface area (Å²) in [5.74, 6) is 1.64. The average molecular weight is 485 g/mol. The first kappa shape index (κ1) is 24.5. The number of morpholine rings is 1. The Morgan fingerprint density at radius 1 is 1.03 bits per heavy atom. The number of hydrogen-bond donors (Lipinski definition) is 2. The van der Waals surface area contributed by atoms with Gasteiger partial charge in [-0.25, -0.2) is 9.67 Å². The van der Waals surface area contributed by atoms with Crippen molar-refractivity contribution in [2.45, 2.75) is 75.9 Å². The molecule has 2 bridgehead atoms. The van der Waals surface area contributed by atoms with Gasteiger partial charge < -0.3 is 25.4 Å². The molecule has 0 radical (unpaired) electrons. The summed E-state index contributed by atoms with van der Waals surface area (Å²) in [5, 5.41) is 8.50. The van der Waals surface area contributed by atoms with Gasteiger partial charge in [-0.3, -0.25) is 4.79 Å². The second kappa shape index (κ2) is 11.2. The minimum Gasteiger partial charge on any atom is -0.381 e. The van der Waals surface area contributed by atoms with E-state index >= 15 is 0 Å². The van der Waals surface area contributed by atoms with Crippen LogP contribution in [0.3, 0.4) is 0 Å². The molecule has 6 rings (SSSR count). The van der Waals surface area contributed by atoms with Crippen LogP contribution in [0, 0.1) is 5.92 Å². The maximum atomic E-state index is 12.8. The summed E-state index contributed by atoms with van der Waals surface area (Å²) in [4.78, 5) is 20.1. The van der Waals surface area contributed by atoms with Crippen molar-refractivity contribution in [2.24, 2.45) is 18.7 Å². The number of carbonyl (C=O) groups is 1. The first-order valence-electron chi connectivity index (χ1n) is 13.4. The van der Waals surface area contributed by atoms with Gasteiger partial charge in [-0.15, -0.1) is 0 Å². The Morgan fingerprint density at radius 3 is 2.40 bits per heavy atom. The van der Waals surface area contributed by atoms with Crippen LogP contribution in [-0.2, 0) is 16.5 Å². The third-order valence-corrected chi connectivity index (χ3v) is 8.01. The molecule has 3 saturated heterocycles. The summed E-state index contributed by atoms with van der Waals surface area (Å²) in [5.41, 5.74) is 6.71. The van der Waals surface area contributed by atoms with Crippen molar-refractivity contribution in [1.29, 1.82) is 0 Å². The summed E-state index contributed by atoms with van der Waals surface area (Å²) in [6.07, 6.45) is 10.4. The maximum absolute atomic E-state index is 12.8. The van der Waals surface area contributed by atoms with Crippen LogP contribution < -0.4 is 16.0 Å². The van der Waals surface area contributed by atoms with Crippen LogP contribution >= 0.6 is 0 Å². The van der Waals surface area contributed by atoms with Crippen LogP contribution in [0.5, 0.6) is 0 Å². The number of anilines is 1. The van der Waals surface area contributed by atoms with Crippen molar-refractivity contribution in [3.05, 3.63) is 17.8 Å². The monoisotopic (exact) mass is 484 g/mol. The van der Waals surface area contributed by atoms with E-state index in [-0.39, 0.29) is 11.9 Å². The van der Waals surface area contributed by atoms with Crippen molar-refractivity contribution < 1.29 is 14.3 Å². The van der Waals surface area contributed by atoms with E-state index in [0.29, 0.717) is 17.8 Å². The lowest BCUT2D eigenvalue weighted by Crippen LogP contribution is -2.46. The highest BCUT2D eigenvalue weighted by Crippen LogP contribution is 2.34. The van der Waals surface area contributed by atoms with E-state index in [4.69, 9.17) is 20.2 Å². The van der Waals surface area contributed by atoms with E-state index < -0.39 is 0 Å². The summed E-state index contributed by atoms with van der Waals surface area (Å²) in [6.45, 7) is 4.22. The average Bonchev–Trinajstić information content (AvgIpc) is 3.37. The van der Waals surface area contributed by atoms with Crippen LogP contribution in [0.25, 0.3) is 11.0 Å². The Labute approximate surface area is 207 Å². The molecule has 0 spiro atoms. The van der Waals surface area contributed by atoms with Gasteiger partial charge >= 0.3 is 0 Å². The number of fused-ring (bicyclic) bond motifs is 3. The van der Waals surface area contributed by atoms with Crippen molar-refractivity contribution in [3.8, 4) is 0 Å². The van der Waals surface area contributed by atoms with Crippen molar-refractivity contribution in [2.75, 3.05) is 37.9 Å².